The second-order valence-corrected chi connectivity index (χ2v) is 10.5. The number of aryl methyl sites for hydroxylation is 2. The van der Waals surface area contributed by atoms with Gasteiger partial charge in [-0.05, 0) is 69.5 Å². The van der Waals surface area contributed by atoms with E-state index in [2.05, 4.69) is 30.3 Å². The summed E-state index contributed by atoms with van der Waals surface area (Å²) in [4.78, 5) is 25.4. The zero-order chi connectivity index (χ0) is 27.5. The van der Waals surface area contributed by atoms with Crippen molar-refractivity contribution < 1.29 is 9.53 Å². The van der Waals surface area contributed by atoms with E-state index in [0.717, 1.165) is 72.7 Å². The van der Waals surface area contributed by atoms with Gasteiger partial charge in [0.2, 0.25) is 0 Å². The molecule has 1 aromatic carbocycles. The Morgan fingerprint density at radius 1 is 1.13 bits per heavy atom. The maximum atomic E-state index is 13.8. The molecule has 0 radical (unpaired) electrons. The number of hydrogen-bond acceptors (Lipinski definition) is 6. The van der Waals surface area contributed by atoms with Gasteiger partial charge in [-0.25, -0.2) is 9.97 Å². The first-order valence-electron chi connectivity index (χ1n) is 13.6. The summed E-state index contributed by atoms with van der Waals surface area (Å²) >= 11 is 6.35. The van der Waals surface area contributed by atoms with Crippen molar-refractivity contribution in [2.45, 2.75) is 59.2 Å². The summed E-state index contributed by atoms with van der Waals surface area (Å²) in [6.45, 7) is 8.98. The number of ether oxygens (including phenoxy) is 1. The topological polar surface area (TPSA) is 85.2 Å². The van der Waals surface area contributed by atoms with E-state index in [9.17, 15) is 4.79 Å². The van der Waals surface area contributed by atoms with Crippen molar-refractivity contribution >= 4 is 34.1 Å². The molecule has 39 heavy (non-hydrogen) atoms. The van der Waals surface area contributed by atoms with Gasteiger partial charge in [-0.1, -0.05) is 18.5 Å². The van der Waals surface area contributed by atoms with Gasteiger partial charge < -0.3 is 15.0 Å². The van der Waals surface area contributed by atoms with Crippen LogP contribution in [0.5, 0.6) is 0 Å². The maximum absolute atomic E-state index is 13.8. The van der Waals surface area contributed by atoms with Gasteiger partial charge in [0, 0.05) is 61.1 Å². The largest absolute Gasteiger partial charge is 0.381 e. The number of rotatable bonds is 8. The molecule has 3 aromatic heterocycles. The van der Waals surface area contributed by atoms with E-state index in [1.807, 2.05) is 43.0 Å². The minimum absolute atomic E-state index is 0.108. The first-order valence-corrected chi connectivity index (χ1v) is 14.0. The van der Waals surface area contributed by atoms with Crippen LogP contribution in [-0.4, -0.2) is 56.9 Å². The Bertz CT molecular complexity index is 1490. The van der Waals surface area contributed by atoms with Crippen LogP contribution >= 0.6 is 11.6 Å². The Balaban J connectivity index is 1.50. The average Bonchev–Trinajstić information content (AvgIpc) is 3.31. The van der Waals surface area contributed by atoms with Gasteiger partial charge in [0.1, 0.15) is 0 Å². The van der Waals surface area contributed by atoms with Gasteiger partial charge in [-0.15, -0.1) is 0 Å². The lowest BCUT2D eigenvalue weighted by atomic mass is 10.0. The molecule has 1 aliphatic rings. The zero-order valence-corrected chi connectivity index (χ0v) is 23.8. The molecule has 8 nitrogen and oxygen atoms in total. The highest BCUT2D eigenvalue weighted by Gasteiger charge is 2.21. The Labute approximate surface area is 234 Å². The van der Waals surface area contributed by atoms with E-state index in [-0.39, 0.29) is 5.91 Å². The molecule has 1 amide bonds. The van der Waals surface area contributed by atoms with Crippen molar-refractivity contribution in [2.75, 3.05) is 25.6 Å². The number of carbonyl (C=O) groups excluding carboxylic acids is 1. The molecule has 0 aliphatic carbocycles. The summed E-state index contributed by atoms with van der Waals surface area (Å²) in [6, 6.07) is 11.7. The van der Waals surface area contributed by atoms with Crippen molar-refractivity contribution in [1.82, 2.24) is 24.6 Å². The fourth-order valence-electron chi connectivity index (χ4n) is 5.11. The number of nitrogens with zero attached hydrogens (tertiary/aromatic N) is 5. The molecule has 5 rings (SSSR count). The number of pyridine rings is 2. The molecule has 0 unspecified atom stereocenters. The molecule has 4 heterocycles. The van der Waals surface area contributed by atoms with Crippen LogP contribution in [0.2, 0.25) is 5.02 Å². The molecule has 204 valence electrons. The van der Waals surface area contributed by atoms with Crippen LogP contribution in [0.3, 0.4) is 0 Å². The van der Waals surface area contributed by atoms with Gasteiger partial charge in [0.25, 0.3) is 5.91 Å². The van der Waals surface area contributed by atoms with Crippen LogP contribution in [0.4, 0.5) is 5.69 Å². The SMILES string of the molecule is CCc1nc(-c2cc(C(=O)N(C)Cc3cnn(CC)c3C)c3cc(Cl)ccc3n2)ccc1NC1CCOCC1. The highest BCUT2D eigenvalue weighted by Crippen LogP contribution is 2.29. The van der Waals surface area contributed by atoms with Crippen molar-refractivity contribution in [3.8, 4) is 11.4 Å². The standard InChI is InChI=1S/C30H35ClN6O2/c1-5-25-27(33-22-11-13-39-14-12-22)9-10-28(34-25)29-16-24(23-15-21(31)7-8-26(23)35-29)30(38)36(4)18-20-17-32-37(6-2)19(20)3/h7-10,15-17,22,33H,5-6,11-14,18H2,1-4H3. The predicted octanol–water partition coefficient (Wildman–Crippen LogP) is 5.90. The van der Waals surface area contributed by atoms with E-state index in [1.54, 1.807) is 17.0 Å². The monoisotopic (exact) mass is 546 g/mol. The predicted molar refractivity (Wildman–Crippen MR) is 155 cm³/mol. The molecule has 9 heteroatoms. The van der Waals surface area contributed by atoms with Gasteiger partial charge in [-0.2, -0.15) is 5.10 Å². The summed E-state index contributed by atoms with van der Waals surface area (Å²) in [5.41, 5.74) is 6.74. The fraction of sp³-hybridized carbons (Fsp3) is 0.400. The number of halogens is 1. The molecular formula is C30H35ClN6O2. The van der Waals surface area contributed by atoms with Crippen LogP contribution in [0.15, 0.2) is 42.6 Å². The molecule has 0 atom stereocenters. The van der Waals surface area contributed by atoms with Crippen molar-refractivity contribution in [3.05, 3.63) is 70.1 Å². The minimum Gasteiger partial charge on any atom is -0.381 e. The molecule has 0 saturated carbocycles. The van der Waals surface area contributed by atoms with Crippen molar-refractivity contribution in [3.63, 3.8) is 0 Å². The molecule has 1 aliphatic heterocycles. The summed E-state index contributed by atoms with van der Waals surface area (Å²) in [6.07, 6.45) is 4.58. The first kappa shape index (κ1) is 27.1. The molecule has 1 fully saturated rings. The molecule has 0 spiro atoms. The third-order valence-electron chi connectivity index (χ3n) is 7.41. The molecule has 0 bridgehead atoms. The lowest BCUT2D eigenvalue weighted by Crippen LogP contribution is -2.28. The number of anilines is 1. The minimum atomic E-state index is -0.108. The number of amides is 1. The Morgan fingerprint density at radius 2 is 1.92 bits per heavy atom. The summed E-state index contributed by atoms with van der Waals surface area (Å²) in [7, 11) is 1.81. The Morgan fingerprint density at radius 3 is 2.64 bits per heavy atom. The molecule has 4 aromatic rings. The van der Waals surface area contributed by atoms with Crippen molar-refractivity contribution in [1.29, 1.82) is 0 Å². The van der Waals surface area contributed by atoms with Crippen LogP contribution in [0.1, 0.15) is 54.0 Å². The highest BCUT2D eigenvalue weighted by atomic mass is 35.5. The van der Waals surface area contributed by atoms with E-state index < -0.39 is 0 Å². The number of nitrogens with one attached hydrogen (secondary N) is 1. The number of benzene rings is 1. The normalized spacial score (nSPS) is 14.1. The fourth-order valence-corrected chi connectivity index (χ4v) is 5.28. The Hall–Kier alpha value is -3.49. The van der Waals surface area contributed by atoms with Gasteiger partial charge >= 0.3 is 0 Å². The number of fused-ring (bicyclic) bond motifs is 1. The second-order valence-electron chi connectivity index (χ2n) is 10.0. The zero-order valence-electron chi connectivity index (χ0n) is 23.0. The van der Waals surface area contributed by atoms with Crippen molar-refractivity contribution in [2.24, 2.45) is 0 Å². The van der Waals surface area contributed by atoms with E-state index in [1.165, 1.54) is 0 Å². The highest BCUT2D eigenvalue weighted by molar-refractivity contribution is 6.31. The van der Waals surface area contributed by atoms with Crippen LogP contribution in [-0.2, 0) is 24.2 Å². The maximum Gasteiger partial charge on any atom is 0.254 e. The third-order valence-corrected chi connectivity index (χ3v) is 7.65. The quantitative estimate of drug-likeness (QED) is 0.296. The summed E-state index contributed by atoms with van der Waals surface area (Å²) in [5.74, 6) is -0.108. The van der Waals surface area contributed by atoms with E-state index >= 15 is 0 Å². The van der Waals surface area contributed by atoms with Crippen LogP contribution in [0.25, 0.3) is 22.3 Å². The lowest BCUT2D eigenvalue weighted by molar-refractivity contribution is 0.0786. The molecule has 1 N–H and O–H groups in total. The average molecular weight is 547 g/mol. The van der Waals surface area contributed by atoms with Crippen LogP contribution < -0.4 is 5.32 Å². The number of aromatic nitrogens is 4. The number of carbonyl (C=O) groups is 1. The van der Waals surface area contributed by atoms with Gasteiger partial charge in [0.15, 0.2) is 0 Å². The van der Waals surface area contributed by atoms with E-state index in [4.69, 9.17) is 26.3 Å². The Kier molecular flexibility index (Phi) is 8.14. The first-order chi connectivity index (χ1) is 18.9. The van der Waals surface area contributed by atoms with Gasteiger partial charge in [0.05, 0.1) is 40.0 Å². The third kappa shape index (κ3) is 5.77. The smallest absolute Gasteiger partial charge is 0.254 e. The molecular weight excluding hydrogens is 512 g/mol. The summed E-state index contributed by atoms with van der Waals surface area (Å²) in [5, 5.41) is 9.35. The van der Waals surface area contributed by atoms with Gasteiger partial charge in [-0.3, -0.25) is 9.48 Å². The number of hydrogen-bond donors (Lipinski definition) is 1. The van der Waals surface area contributed by atoms with Crippen LogP contribution in [0, 0.1) is 6.92 Å². The lowest BCUT2D eigenvalue weighted by Gasteiger charge is -2.25. The summed E-state index contributed by atoms with van der Waals surface area (Å²) < 4.78 is 7.43. The molecule has 1 saturated heterocycles. The van der Waals surface area contributed by atoms with E-state index in [0.29, 0.717) is 34.4 Å². The second kappa shape index (κ2) is 11.7.